The van der Waals surface area contributed by atoms with Crippen molar-refractivity contribution in [2.75, 3.05) is 0 Å². The molecule has 1 amide bonds. The molecular formula is C20H23FN2O. The minimum absolute atomic E-state index is 0.0463. The molecule has 0 saturated heterocycles. The van der Waals surface area contributed by atoms with Gasteiger partial charge in [-0.2, -0.15) is 0 Å². The molecule has 24 heavy (non-hydrogen) atoms. The number of hydrogen-bond acceptors (Lipinski definition) is 2. The molecule has 1 aliphatic heterocycles. The van der Waals surface area contributed by atoms with E-state index in [0.717, 1.165) is 24.2 Å². The molecule has 0 radical (unpaired) electrons. The predicted molar refractivity (Wildman–Crippen MR) is 92.7 cm³/mol. The molecule has 0 fully saturated rings. The summed E-state index contributed by atoms with van der Waals surface area (Å²) in [6.45, 7) is 4.30. The smallest absolute Gasteiger partial charge is 0.223 e. The molecular weight excluding hydrogens is 303 g/mol. The molecule has 0 aliphatic carbocycles. The third-order valence-electron chi connectivity index (χ3n) is 4.57. The third-order valence-corrected chi connectivity index (χ3v) is 4.57. The topological polar surface area (TPSA) is 41.1 Å². The van der Waals surface area contributed by atoms with Gasteiger partial charge in [0.1, 0.15) is 5.82 Å². The molecule has 0 saturated carbocycles. The van der Waals surface area contributed by atoms with Crippen molar-refractivity contribution in [2.45, 2.75) is 39.4 Å². The lowest BCUT2D eigenvalue weighted by atomic mass is 10.00. The number of hydrogen-bond donors (Lipinski definition) is 2. The highest BCUT2D eigenvalue weighted by atomic mass is 19.1. The van der Waals surface area contributed by atoms with Crippen LogP contribution in [-0.4, -0.2) is 5.91 Å². The molecule has 2 aromatic rings. The second-order valence-electron chi connectivity index (χ2n) is 6.49. The Bertz CT molecular complexity index is 729. The van der Waals surface area contributed by atoms with Crippen molar-refractivity contribution >= 4 is 5.91 Å². The van der Waals surface area contributed by atoms with Gasteiger partial charge in [0.05, 0.1) is 0 Å². The summed E-state index contributed by atoms with van der Waals surface area (Å²) >= 11 is 0. The summed E-state index contributed by atoms with van der Waals surface area (Å²) in [6, 6.07) is 12.9. The Morgan fingerprint density at radius 1 is 1.17 bits per heavy atom. The lowest BCUT2D eigenvalue weighted by Crippen LogP contribution is -2.29. The van der Waals surface area contributed by atoms with Gasteiger partial charge in [0.25, 0.3) is 0 Å². The fraction of sp³-hybridized carbons (Fsp3) is 0.350. The van der Waals surface area contributed by atoms with E-state index in [9.17, 15) is 9.18 Å². The average molecular weight is 326 g/mol. The first-order valence-electron chi connectivity index (χ1n) is 8.45. The van der Waals surface area contributed by atoms with E-state index >= 15 is 0 Å². The van der Waals surface area contributed by atoms with Crippen LogP contribution in [-0.2, 0) is 30.8 Å². The Morgan fingerprint density at radius 2 is 2.00 bits per heavy atom. The van der Waals surface area contributed by atoms with Crippen molar-refractivity contribution in [3.05, 3.63) is 70.5 Å². The number of nitrogens with one attached hydrogen (secondary N) is 2. The van der Waals surface area contributed by atoms with E-state index < -0.39 is 0 Å². The van der Waals surface area contributed by atoms with E-state index in [2.05, 4.69) is 28.8 Å². The van der Waals surface area contributed by atoms with Crippen LogP contribution in [0.2, 0.25) is 0 Å². The van der Waals surface area contributed by atoms with Crippen LogP contribution in [0.1, 0.15) is 35.6 Å². The van der Waals surface area contributed by atoms with Crippen molar-refractivity contribution in [3.8, 4) is 0 Å². The van der Waals surface area contributed by atoms with Gasteiger partial charge in [0.15, 0.2) is 0 Å². The van der Waals surface area contributed by atoms with Crippen LogP contribution < -0.4 is 10.6 Å². The van der Waals surface area contributed by atoms with Crippen molar-refractivity contribution in [1.82, 2.24) is 10.6 Å². The molecule has 3 nitrogen and oxygen atoms in total. The van der Waals surface area contributed by atoms with Gasteiger partial charge >= 0.3 is 0 Å². The second-order valence-corrected chi connectivity index (χ2v) is 6.49. The van der Waals surface area contributed by atoms with Gasteiger partial charge in [-0.05, 0) is 47.2 Å². The zero-order valence-electron chi connectivity index (χ0n) is 13.9. The zero-order valence-corrected chi connectivity index (χ0v) is 13.9. The summed E-state index contributed by atoms with van der Waals surface area (Å²) in [5.74, 6) is -0.273. The van der Waals surface area contributed by atoms with Gasteiger partial charge < -0.3 is 10.6 Å². The van der Waals surface area contributed by atoms with E-state index in [1.807, 2.05) is 13.0 Å². The summed E-state index contributed by atoms with van der Waals surface area (Å²) in [7, 11) is 0. The maximum Gasteiger partial charge on any atom is 0.223 e. The standard InChI is InChI=1S/C20H23FN2O/c1-14(5-6-15-3-2-4-19(21)10-15)20(24)23-11-16-7-8-17-12-22-13-18(17)9-16/h2-4,7-10,14,22H,5-6,11-13H2,1H3,(H,23,24). The van der Waals surface area contributed by atoms with Crippen LogP contribution in [0, 0.1) is 11.7 Å². The van der Waals surface area contributed by atoms with Crippen LogP contribution in [0.3, 0.4) is 0 Å². The average Bonchev–Trinajstić information content (AvgIpc) is 3.05. The van der Waals surface area contributed by atoms with Crippen molar-refractivity contribution in [3.63, 3.8) is 0 Å². The van der Waals surface area contributed by atoms with E-state index in [-0.39, 0.29) is 17.6 Å². The van der Waals surface area contributed by atoms with Gasteiger partial charge in [-0.1, -0.05) is 37.3 Å². The number of carbonyl (C=O) groups excluding carboxylic acids is 1. The van der Waals surface area contributed by atoms with Crippen LogP contribution in [0.15, 0.2) is 42.5 Å². The minimum Gasteiger partial charge on any atom is -0.352 e. The van der Waals surface area contributed by atoms with Crippen LogP contribution in [0.4, 0.5) is 4.39 Å². The number of amides is 1. The molecule has 1 atom stereocenters. The number of benzene rings is 2. The Kier molecular flexibility index (Phi) is 5.26. The molecule has 0 bridgehead atoms. The Hall–Kier alpha value is -2.20. The van der Waals surface area contributed by atoms with Crippen LogP contribution in [0.25, 0.3) is 0 Å². The highest BCUT2D eigenvalue weighted by Crippen LogP contribution is 2.17. The molecule has 126 valence electrons. The largest absolute Gasteiger partial charge is 0.352 e. The van der Waals surface area contributed by atoms with Gasteiger partial charge in [0.2, 0.25) is 5.91 Å². The molecule has 2 aromatic carbocycles. The lowest BCUT2D eigenvalue weighted by molar-refractivity contribution is -0.124. The summed E-state index contributed by atoms with van der Waals surface area (Å²) in [6.07, 6.45) is 1.42. The summed E-state index contributed by atoms with van der Waals surface area (Å²) in [4.78, 5) is 12.2. The summed E-state index contributed by atoms with van der Waals surface area (Å²) < 4.78 is 13.2. The number of halogens is 1. The van der Waals surface area contributed by atoms with Crippen LogP contribution in [0.5, 0.6) is 0 Å². The predicted octanol–water partition coefficient (Wildman–Crippen LogP) is 3.31. The van der Waals surface area contributed by atoms with Crippen molar-refractivity contribution in [2.24, 2.45) is 5.92 Å². The van der Waals surface area contributed by atoms with E-state index in [0.29, 0.717) is 19.4 Å². The highest BCUT2D eigenvalue weighted by molar-refractivity contribution is 5.78. The van der Waals surface area contributed by atoms with Crippen molar-refractivity contribution in [1.29, 1.82) is 0 Å². The molecule has 0 aromatic heterocycles. The first-order chi connectivity index (χ1) is 11.6. The van der Waals surface area contributed by atoms with Gasteiger partial charge in [-0.3, -0.25) is 4.79 Å². The molecule has 2 N–H and O–H groups in total. The lowest BCUT2D eigenvalue weighted by Gasteiger charge is -2.13. The monoisotopic (exact) mass is 326 g/mol. The fourth-order valence-corrected chi connectivity index (χ4v) is 3.03. The Balaban J connectivity index is 1.47. The van der Waals surface area contributed by atoms with Gasteiger partial charge in [-0.15, -0.1) is 0 Å². The Morgan fingerprint density at radius 3 is 2.83 bits per heavy atom. The van der Waals surface area contributed by atoms with Crippen molar-refractivity contribution < 1.29 is 9.18 Å². The molecule has 1 unspecified atom stereocenters. The minimum atomic E-state index is -0.226. The molecule has 1 aliphatic rings. The molecule has 3 rings (SSSR count). The zero-order chi connectivity index (χ0) is 16.9. The first kappa shape index (κ1) is 16.7. The maximum atomic E-state index is 13.2. The Labute approximate surface area is 142 Å². The normalized spacial score (nSPS) is 14.2. The fourth-order valence-electron chi connectivity index (χ4n) is 3.03. The number of fused-ring (bicyclic) bond motifs is 1. The second kappa shape index (κ2) is 7.58. The number of rotatable bonds is 6. The quantitative estimate of drug-likeness (QED) is 0.855. The highest BCUT2D eigenvalue weighted by Gasteiger charge is 2.14. The molecule has 4 heteroatoms. The van der Waals surface area contributed by atoms with Gasteiger partial charge in [-0.25, -0.2) is 4.39 Å². The SMILES string of the molecule is CC(CCc1cccc(F)c1)C(=O)NCc1ccc2c(c1)CNC2. The van der Waals surface area contributed by atoms with E-state index in [4.69, 9.17) is 0 Å². The van der Waals surface area contributed by atoms with Gasteiger partial charge in [0, 0.05) is 25.6 Å². The summed E-state index contributed by atoms with van der Waals surface area (Å²) in [5.41, 5.74) is 4.72. The maximum absolute atomic E-state index is 13.2. The third kappa shape index (κ3) is 4.20. The van der Waals surface area contributed by atoms with Crippen LogP contribution >= 0.6 is 0 Å². The number of carbonyl (C=O) groups is 1. The molecule has 0 spiro atoms. The van der Waals surface area contributed by atoms with E-state index in [1.54, 1.807) is 6.07 Å². The molecule has 1 heterocycles. The summed E-state index contributed by atoms with van der Waals surface area (Å²) in [5, 5.41) is 6.32. The van der Waals surface area contributed by atoms with E-state index in [1.165, 1.54) is 23.3 Å². The number of aryl methyl sites for hydroxylation is 1. The first-order valence-corrected chi connectivity index (χ1v) is 8.45.